The molecule has 2 rings (SSSR count). The van der Waals surface area contributed by atoms with Crippen LogP contribution in [0.25, 0.3) is 0 Å². The van der Waals surface area contributed by atoms with Gasteiger partial charge in [0.05, 0.1) is 5.92 Å². The molecular weight excluding hydrogens is 418 g/mol. The van der Waals surface area contributed by atoms with Crippen LogP contribution in [0.1, 0.15) is 129 Å². The van der Waals surface area contributed by atoms with Crippen molar-refractivity contribution in [2.24, 2.45) is 5.92 Å². The largest absolute Gasteiger partial charge is 0.340 e. The van der Waals surface area contributed by atoms with Crippen molar-refractivity contribution in [3.8, 4) is 0 Å². The minimum absolute atomic E-state index is 0.252. The summed E-state index contributed by atoms with van der Waals surface area (Å²) in [7, 11) is 0. The van der Waals surface area contributed by atoms with Gasteiger partial charge in [0.1, 0.15) is 0 Å². The van der Waals surface area contributed by atoms with Gasteiger partial charge in [-0.1, -0.05) is 104 Å². The highest BCUT2D eigenvalue weighted by atomic mass is 16.2. The number of hydrogen-bond acceptors (Lipinski definition) is 3. The number of likely N-dealkylation sites (tertiary alicyclic amines) is 1. The normalized spacial score (nSPS) is 20.2. The first-order valence-electron chi connectivity index (χ1n) is 15.5. The van der Waals surface area contributed by atoms with Crippen LogP contribution in [0.2, 0.25) is 0 Å². The van der Waals surface area contributed by atoms with Crippen LogP contribution in [0.4, 0.5) is 0 Å². The molecule has 0 aromatic rings. The maximum absolute atomic E-state index is 13.2. The molecule has 200 valence electrons. The van der Waals surface area contributed by atoms with Crippen molar-refractivity contribution in [1.82, 2.24) is 14.7 Å². The summed E-state index contributed by atoms with van der Waals surface area (Å²) in [6, 6.07) is 0. The maximum Gasteiger partial charge on any atom is 0.227 e. The van der Waals surface area contributed by atoms with E-state index in [4.69, 9.17) is 0 Å². The number of piperazine rings is 1. The molecule has 0 radical (unpaired) electrons. The van der Waals surface area contributed by atoms with Crippen molar-refractivity contribution in [3.63, 3.8) is 0 Å². The molecule has 0 bridgehead atoms. The van der Waals surface area contributed by atoms with Crippen LogP contribution in [-0.4, -0.2) is 73.0 Å². The highest BCUT2D eigenvalue weighted by molar-refractivity contribution is 5.79. The van der Waals surface area contributed by atoms with Gasteiger partial charge in [-0.25, -0.2) is 0 Å². The zero-order valence-electron chi connectivity index (χ0n) is 23.2. The summed E-state index contributed by atoms with van der Waals surface area (Å²) in [5.41, 5.74) is 0. The van der Waals surface area contributed by atoms with E-state index in [1.165, 1.54) is 129 Å². The van der Waals surface area contributed by atoms with Gasteiger partial charge >= 0.3 is 0 Å². The van der Waals surface area contributed by atoms with E-state index in [9.17, 15) is 4.79 Å². The second-order valence-corrected chi connectivity index (χ2v) is 11.3. The Balaban J connectivity index is 1.51. The third kappa shape index (κ3) is 12.9. The predicted octanol–water partition coefficient (Wildman–Crippen LogP) is 7.12. The Bertz CT molecular complexity index is 489. The molecule has 0 saturated carbocycles. The molecule has 1 amide bonds. The van der Waals surface area contributed by atoms with Gasteiger partial charge < -0.3 is 9.80 Å². The average molecular weight is 478 g/mol. The third-order valence-corrected chi connectivity index (χ3v) is 8.19. The van der Waals surface area contributed by atoms with Crippen molar-refractivity contribution in [3.05, 3.63) is 0 Å². The van der Waals surface area contributed by atoms with Crippen molar-refractivity contribution >= 4 is 5.91 Å². The molecule has 0 N–H and O–H groups in total. The Hall–Kier alpha value is -0.610. The van der Waals surface area contributed by atoms with E-state index < -0.39 is 0 Å². The molecule has 2 saturated heterocycles. The van der Waals surface area contributed by atoms with Gasteiger partial charge in [-0.15, -0.1) is 0 Å². The smallest absolute Gasteiger partial charge is 0.227 e. The van der Waals surface area contributed by atoms with Crippen LogP contribution in [0, 0.1) is 5.92 Å². The van der Waals surface area contributed by atoms with Gasteiger partial charge in [0.2, 0.25) is 5.91 Å². The molecule has 0 spiro atoms. The summed E-state index contributed by atoms with van der Waals surface area (Å²) in [6.45, 7) is 13.3. The molecule has 2 aliphatic heterocycles. The number of amides is 1. The topological polar surface area (TPSA) is 26.8 Å². The molecule has 1 unspecified atom stereocenters. The first-order chi connectivity index (χ1) is 16.7. The highest BCUT2D eigenvalue weighted by Crippen LogP contribution is 2.21. The standard InChI is InChI=1S/C30H59N3O/c1-3-5-7-9-11-13-15-17-21-31-24-26-33(27-25-31)30(34)29-20-19-23-32(28-29)22-18-16-14-12-10-8-6-4-2/h29H,3-28H2,1-2H3. The number of nitrogens with zero attached hydrogens (tertiary/aromatic N) is 3. The Morgan fingerprint density at radius 2 is 1.06 bits per heavy atom. The van der Waals surface area contributed by atoms with Crippen molar-refractivity contribution in [2.45, 2.75) is 129 Å². The molecule has 1 atom stereocenters. The Labute approximate surface area is 213 Å². The molecule has 0 aromatic heterocycles. The lowest BCUT2D eigenvalue weighted by Crippen LogP contribution is -2.52. The van der Waals surface area contributed by atoms with Gasteiger partial charge in [-0.05, 0) is 45.3 Å². The third-order valence-electron chi connectivity index (χ3n) is 8.19. The molecule has 34 heavy (non-hydrogen) atoms. The van der Waals surface area contributed by atoms with Gasteiger partial charge in [0.25, 0.3) is 0 Å². The molecule has 0 aromatic carbocycles. The molecular formula is C30H59N3O. The summed E-state index contributed by atoms with van der Waals surface area (Å²) in [5, 5.41) is 0. The van der Waals surface area contributed by atoms with Crippen molar-refractivity contribution in [2.75, 3.05) is 52.4 Å². The highest BCUT2D eigenvalue weighted by Gasteiger charge is 2.30. The van der Waals surface area contributed by atoms with Crippen LogP contribution in [-0.2, 0) is 4.79 Å². The lowest BCUT2D eigenvalue weighted by molar-refractivity contribution is -0.139. The van der Waals surface area contributed by atoms with E-state index in [-0.39, 0.29) is 5.92 Å². The van der Waals surface area contributed by atoms with E-state index in [1.54, 1.807) is 0 Å². The van der Waals surface area contributed by atoms with E-state index in [2.05, 4.69) is 28.5 Å². The summed E-state index contributed by atoms with van der Waals surface area (Å²) >= 11 is 0. The Morgan fingerprint density at radius 3 is 1.59 bits per heavy atom. The van der Waals surface area contributed by atoms with Gasteiger partial charge in [0, 0.05) is 32.7 Å². The summed E-state index contributed by atoms with van der Waals surface area (Å²) in [6.07, 6.45) is 24.5. The van der Waals surface area contributed by atoms with Gasteiger partial charge in [-0.2, -0.15) is 0 Å². The number of carbonyl (C=O) groups excluding carboxylic acids is 1. The van der Waals surface area contributed by atoms with Crippen LogP contribution in [0.5, 0.6) is 0 Å². The summed E-state index contributed by atoms with van der Waals surface area (Å²) in [4.78, 5) is 20.6. The van der Waals surface area contributed by atoms with Gasteiger partial charge in [-0.3, -0.25) is 9.69 Å². The van der Waals surface area contributed by atoms with E-state index in [0.717, 1.165) is 39.1 Å². The predicted molar refractivity (Wildman–Crippen MR) is 147 cm³/mol. The number of hydrogen-bond donors (Lipinski definition) is 0. The number of carbonyl (C=O) groups is 1. The fourth-order valence-electron chi connectivity index (χ4n) is 5.85. The summed E-state index contributed by atoms with van der Waals surface area (Å²) < 4.78 is 0. The molecule has 4 heteroatoms. The molecule has 2 fully saturated rings. The van der Waals surface area contributed by atoms with Crippen LogP contribution >= 0.6 is 0 Å². The van der Waals surface area contributed by atoms with E-state index >= 15 is 0 Å². The molecule has 2 aliphatic rings. The molecule has 2 heterocycles. The van der Waals surface area contributed by atoms with Crippen LogP contribution in [0.15, 0.2) is 0 Å². The average Bonchev–Trinajstić information content (AvgIpc) is 2.87. The lowest BCUT2D eigenvalue weighted by Gasteiger charge is -2.39. The Morgan fingerprint density at radius 1 is 0.588 bits per heavy atom. The van der Waals surface area contributed by atoms with Crippen molar-refractivity contribution in [1.29, 1.82) is 0 Å². The second-order valence-electron chi connectivity index (χ2n) is 11.3. The minimum Gasteiger partial charge on any atom is -0.340 e. The fraction of sp³-hybridized carbons (Fsp3) is 0.967. The first kappa shape index (κ1) is 29.6. The van der Waals surface area contributed by atoms with E-state index in [1.807, 2.05) is 0 Å². The minimum atomic E-state index is 0.252. The van der Waals surface area contributed by atoms with E-state index in [0.29, 0.717) is 5.91 Å². The van der Waals surface area contributed by atoms with Crippen LogP contribution < -0.4 is 0 Å². The number of rotatable bonds is 19. The lowest BCUT2D eigenvalue weighted by atomic mass is 9.95. The number of unbranched alkanes of at least 4 members (excludes halogenated alkanes) is 14. The zero-order chi connectivity index (χ0) is 24.3. The second kappa shape index (κ2) is 19.6. The van der Waals surface area contributed by atoms with Crippen LogP contribution in [0.3, 0.4) is 0 Å². The van der Waals surface area contributed by atoms with Gasteiger partial charge in [0.15, 0.2) is 0 Å². The SMILES string of the molecule is CCCCCCCCCCN1CCN(C(=O)C2CCCN(CCCCCCCCCC)C2)CC1. The first-order valence-corrected chi connectivity index (χ1v) is 15.5. The monoisotopic (exact) mass is 477 g/mol. The van der Waals surface area contributed by atoms with Crippen molar-refractivity contribution < 1.29 is 4.79 Å². The maximum atomic E-state index is 13.2. The number of piperidine rings is 1. The zero-order valence-corrected chi connectivity index (χ0v) is 23.2. The fourth-order valence-corrected chi connectivity index (χ4v) is 5.85. The summed E-state index contributed by atoms with van der Waals surface area (Å²) in [5.74, 6) is 0.703. The molecule has 4 nitrogen and oxygen atoms in total. The Kier molecular flexibility index (Phi) is 17.0. The molecule has 0 aliphatic carbocycles. The quantitative estimate of drug-likeness (QED) is 0.185.